The maximum absolute atomic E-state index is 12.0. The number of carbonyl (C=O) groups excluding carboxylic acids is 1. The summed E-state index contributed by atoms with van der Waals surface area (Å²) in [5, 5.41) is 8.08. The van der Waals surface area contributed by atoms with Gasteiger partial charge in [0.15, 0.2) is 0 Å². The van der Waals surface area contributed by atoms with Crippen molar-refractivity contribution in [3.8, 4) is 0 Å². The van der Waals surface area contributed by atoms with Gasteiger partial charge in [-0.05, 0) is 18.6 Å². The van der Waals surface area contributed by atoms with Crippen molar-refractivity contribution in [2.75, 3.05) is 18.4 Å². The van der Waals surface area contributed by atoms with Crippen molar-refractivity contribution in [1.29, 1.82) is 0 Å². The summed E-state index contributed by atoms with van der Waals surface area (Å²) in [6.45, 7) is 3.55. The van der Waals surface area contributed by atoms with Crippen LogP contribution >= 0.6 is 11.3 Å². The van der Waals surface area contributed by atoms with Crippen LogP contribution < -0.4 is 10.6 Å². The molecule has 0 spiro atoms. The summed E-state index contributed by atoms with van der Waals surface area (Å²) in [6, 6.07) is 3.63. The van der Waals surface area contributed by atoms with Crippen molar-refractivity contribution in [3.63, 3.8) is 0 Å². The first-order valence-electron chi connectivity index (χ1n) is 6.64. The van der Waals surface area contributed by atoms with Gasteiger partial charge in [-0.1, -0.05) is 6.92 Å². The first kappa shape index (κ1) is 14.5. The number of hydrogen-bond acceptors (Lipinski definition) is 5. The van der Waals surface area contributed by atoms with Gasteiger partial charge in [-0.25, -0.2) is 4.98 Å². The van der Waals surface area contributed by atoms with Gasteiger partial charge >= 0.3 is 0 Å². The molecule has 0 atom stereocenters. The summed E-state index contributed by atoms with van der Waals surface area (Å²) in [5.41, 5.74) is 4.15. The highest BCUT2D eigenvalue weighted by molar-refractivity contribution is 7.07. The SMILES string of the molecule is CCCNc1ccnc(C(=O)NCCc2cscn2)c1. The second-order valence-electron chi connectivity index (χ2n) is 4.34. The van der Waals surface area contributed by atoms with Gasteiger partial charge in [0, 0.05) is 36.8 Å². The Morgan fingerprint density at radius 2 is 2.25 bits per heavy atom. The summed E-state index contributed by atoms with van der Waals surface area (Å²) < 4.78 is 0. The molecule has 2 aromatic rings. The lowest BCUT2D eigenvalue weighted by Crippen LogP contribution is -2.26. The molecule has 0 bridgehead atoms. The second-order valence-corrected chi connectivity index (χ2v) is 5.06. The highest BCUT2D eigenvalue weighted by atomic mass is 32.1. The van der Waals surface area contributed by atoms with Gasteiger partial charge in [-0.15, -0.1) is 11.3 Å². The highest BCUT2D eigenvalue weighted by Gasteiger charge is 2.07. The fraction of sp³-hybridized carbons (Fsp3) is 0.357. The summed E-state index contributed by atoms with van der Waals surface area (Å²) in [6.07, 6.45) is 3.42. The van der Waals surface area contributed by atoms with Gasteiger partial charge in [0.1, 0.15) is 5.69 Å². The molecular weight excluding hydrogens is 272 g/mol. The van der Waals surface area contributed by atoms with Gasteiger partial charge in [-0.2, -0.15) is 0 Å². The molecule has 0 aliphatic heterocycles. The molecular formula is C14H18N4OS. The van der Waals surface area contributed by atoms with Crippen molar-refractivity contribution in [1.82, 2.24) is 15.3 Å². The first-order valence-corrected chi connectivity index (χ1v) is 7.59. The van der Waals surface area contributed by atoms with Gasteiger partial charge in [-0.3, -0.25) is 9.78 Å². The molecule has 0 radical (unpaired) electrons. The summed E-state index contributed by atoms with van der Waals surface area (Å²) in [5.74, 6) is -0.152. The predicted octanol–water partition coefficient (Wildman–Crippen LogP) is 2.33. The lowest BCUT2D eigenvalue weighted by atomic mass is 10.3. The molecule has 5 nitrogen and oxygen atoms in total. The molecule has 20 heavy (non-hydrogen) atoms. The fourth-order valence-electron chi connectivity index (χ4n) is 1.69. The lowest BCUT2D eigenvalue weighted by Gasteiger charge is -2.07. The minimum atomic E-state index is -0.152. The van der Waals surface area contributed by atoms with Crippen LogP contribution in [0.25, 0.3) is 0 Å². The number of amides is 1. The Morgan fingerprint density at radius 3 is 3.00 bits per heavy atom. The van der Waals surface area contributed by atoms with E-state index in [-0.39, 0.29) is 5.91 Å². The zero-order chi connectivity index (χ0) is 14.2. The van der Waals surface area contributed by atoms with E-state index in [2.05, 4.69) is 27.5 Å². The van der Waals surface area contributed by atoms with E-state index in [4.69, 9.17) is 0 Å². The van der Waals surface area contributed by atoms with Crippen molar-refractivity contribution < 1.29 is 4.79 Å². The molecule has 106 valence electrons. The maximum atomic E-state index is 12.0. The largest absolute Gasteiger partial charge is 0.385 e. The van der Waals surface area contributed by atoms with Crippen molar-refractivity contribution >= 4 is 22.9 Å². The zero-order valence-corrected chi connectivity index (χ0v) is 12.2. The molecule has 0 saturated carbocycles. The lowest BCUT2D eigenvalue weighted by molar-refractivity contribution is 0.0949. The smallest absolute Gasteiger partial charge is 0.269 e. The van der Waals surface area contributed by atoms with Crippen molar-refractivity contribution in [3.05, 3.63) is 40.6 Å². The third kappa shape index (κ3) is 4.31. The Morgan fingerprint density at radius 1 is 1.35 bits per heavy atom. The van der Waals surface area contributed by atoms with Gasteiger partial charge in [0.25, 0.3) is 5.91 Å². The van der Waals surface area contributed by atoms with Crippen LogP contribution in [0.3, 0.4) is 0 Å². The highest BCUT2D eigenvalue weighted by Crippen LogP contribution is 2.08. The van der Waals surface area contributed by atoms with Crippen LogP contribution in [0, 0.1) is 0 Å². The molecule has 0 fully saturated rings. The van der Waals surface area contributed by atoms with Gasteiger partial charge < -0.3 is 10.6 Å². The third-order valence-electron chi connectivity index (χ3n) is 2.72. The second kappa shape index (κ2) is 7.59. The van der Waals surface area contributed by atoms with Gasteiger partial charge in [0.05, 0.1) is 11.2 Å². The third-order valence-corrected chi connectivity index (χ3v) is 3.36. The average Bonchev–Trinajstić information content (AvgIpc) is 2.98. The van der Waals surface area contributed by atoms with Crippen LogP contribution in [-0.4, -0.2) is 29.0 Å². The molecule has 0 aromatic carbocycles. The van der Waals surface area contributed by atoms with E-state index in [1.54, 1.807) is 29.1 Å². The summed E-state index contributed by atoms with van der Waals surface area (Å²) in [4.78, 5) is 20.3. The van der Waals surface area contributed by atoms with Crippen molar-refractivity contribution in [2.45, 2.75) is 19.8 Å². The zero-order valence-electron chi connectivity index (χ0n) is 11.4. The Hall–Kier alpha value is -1.95. The molecule has 2 rings (SSSR count). The molecule has 2 aromatic heterocycles. The summed E-state index contributed by atoms with van der Waals surface area (Å²) >= 11 is 1.56. The predicted molar refractivity (Wildman–Crippen MR) is 81.2 cm³/mol. The van der Waals surface area contributed by atoms with Crippen LogP contribution in [0.15, 0.2) is 29.2 Å². The molecule has 1 amide bonds. The Kier molecular flexibility index (Phi) is 5.49. The van der Waals surface area contributed by atoms with E-state index < -0.39 is 0 Å². The molecule has 0 unspecified atom stereocenters. The van der Waals surface area contributed by atoms with E-state index in [9.17, 15) is 4.79 Å². The number of rotatable bonds is 7. The van der Waals surface area contributed by atoms with Crippen LogP contribution in [0.2, 0.25) is 0 Å². The summed E-state index contributed by atoms with van der Waals surface area (Å²) in [7, 11) is 0. The van der Waals surface area contributed by atoms with Crippen LogP contribution in [0.1, 0.15) is 29.5 Å². The Bertz CT molecular complexity index is 542. The van der Waals surface area contributed by atoms with E-state index in [1.807, 2.05) is 11.4 Å². The standard InChI is InChI=1S/C14H18N4OS/c1-2-5-15-11-3-6-16-13(8-11)14(19)17-7-4-12-9-20-10-18-12/h3,6,8-10H,2,4-5,7H2,1H3,(H,15,16)(H,17,19). The molecule has 2 heterocycles. The number of nitrogens with one attached hydrogen (secondary N) is 2. The minimum Gasteiger partial charge on any atom is -0.385 e. The molecule has 2 N–H and O–H groups in total. The van der Waals surface area contributed by atoms with Gasteiger partial charge in [0.2, 0.25) is 0 Å². The normalized spacial score (nSPS) is 10.2. The monoisotopic (exact) mass is 290 g/mol. The number of carbonyl (C=O) groups is 1. The number of anilines is 1. The van der Waals surface area contributed by atoms with Crippen LogP contribution in [0.5, 0.6) is 0 Å². The molecule has 0 saturated heterocycles. The van der Waals surface area contributed by atoms with E-state index in [0.29, 0.717) is 12.2 Å². The molecule has 0 aliphatic carbocycles. The minimum absolute atomic E-state index is 0.152. The average molecular weight is 290 g/mol. The fourth-order valence-corrected chi connectivity index (χ4v) is 2.28. The Balaban J connectivity index is 1.85. The quantitative estimate of drug-likeness (QED) is 0.821. The Labute approximate surface area is 122 Å². The number of nitrogens with zero attached hydrogens (tertiary/aromatic N) is 2. The van der Waals surface area contributed by atoms with Crippen LogP contribution in [-0.2, 0) is 6.42 Å². The van der Waals surface area contributed by atoms with Crippen LogP contribution in [0.4, 0.5) is 5.69 Å². The number of thiazole rings is 1. The van der Waals surface area contributed by atoms with Crippen molar-refractivity contribution in [2.24, 2.45) is 0 Å². The maximum Gasteiger partial charge on any atom is 0.269 e. The van der Waals surface area contributed by atoms with E-state index >= 15 is 0 Å². The van der Waals surface area contributed by atoms with E-state index in [0.717, 1.165) is 30.8 Å². The molecule has 0 aliphatic rings. The number of hydrogen-bond donors (Lipinski definition) is 2. The number of aromatic nitrogens is 2. The topological polar surface area (TPSA) is 66.9 Å². The number of pyridine rings is 1. The van der Waals surface area contributed by atoms with E-state index in [1.165, 1.54) is 0 Å². The molecule has 6 heteroatoms. The first-order chi connectivity index (χ1) is 9.79.